The number of hydrogen-bond donors (Lipinski definition) is 1. The van der Waals surface area contributed by atoms with Crippen molar-refractivity contribution < 1.29 is 76.9 Å². The fraction of sp³-hybridized carbons (Fsp3) is 0.905. The number of carbonyl (C=O) groups excluding carboxylic acids is 2. The average Bonchev–Trinajstić information content (AvgIpc) is 2.79. The molecular formula is C21H28F12O5. The molecule has 0 saturated heterocycles. The fourth-order valence-electron chi connectivity index (χ4n) is 2.97. The summed E-state index contributed by atoms with van der Waals surface area (Å²) < 4.78 is 168. The highest BCUT2D eigenvalue weighted by Crippen LogP contribution is 2.58. The maximum atomic E-state index is 13.9. The summed E-state index contributed by atoms with van der Waals surface area (Å²) in [6.45, 7) is 1.46. The van der Waals surface area contributed by atoms with Crippen molar-refractivity contribution >= 4 is 11.9 Å². The lowest BCUT2D eigenvalue weighted by molar-refractivity contribution is -0.414. The van der Waals surface area contributed by atoms with Crippen LogP contribution in [0.25, 0.3) is 0 Å². The van der Waals surface area contributed by atoms with Gasteiger partial charge in [0.15, 0.2) is 6.61 Å². The standard InChI is InChI=1S/C21H28F12O5/c1-5-16(4,14(36)37-10-9-34)8-6-7-15(2,3)13(35)38-11-17(24,25)19(28,29)21(32,33)20(30,31)18(26,27)12(22)23/h12,34H,5-11H2,1-4H3. The van der Waals surface area contributed by atoms with Crippen molar-refractivity contribution in [3.63, 3.8) is 0 Å². The number of ether oxygens (including phenoxy) is 2. The molecule has 0 radical (unpaired) electrons. The van der Waals surface area contributed by atoms with Gasteiger partial charge >= 0.3 is 48.0 Å². The van der Waals surface area contributed by atoms with Crippen LogP contribution >= 0.6 is 0 Å². The minimum Gasteiger partial charge on any atom is -0.463 e. The molecule has 5 nitrogen and oxygen atoms in total. The number of aliphatic hydroxyl groups excluding tert-OH is 1. The van der Waals surface area contributed by atoms with Crippen LogP contribution in [0.3, 0.4) is 0 Å². The summed E-state index contributed by atoms with van der Waals surface area (Å²) in [5, 5.41) is 8.73. The lowest BCUT2D eigenvalue weighted by Gasteiger charge is -2.39. The normalized spacial score (nSPS) is 15.8. The van der Waals surface area contributed by atoms with E-state index in [1.807, 2.05) is 0 Å². The van der Waals surface area contributed by atoms with Gasteiger partial charge in [-0.2, -0.15) is 43.9 Å². The smallest absolute Gasteiger partial charge is 0.384 e. The molecule has 226 valence electrons. The Kier molecular flexibility index (Phi) is 11.4. The van der Waals surface area contributed by atoms with Crippen LogP contribution in [0.5, 0.6) is 0 Å². The summed E-state index contributed by atoms with van der Waals surface area (Å²) in [6.07, 6.45) is -5.60. The summed E-state index contributed by atoms with van der Waals surface area (Å²) in [4.78, 5) is 24.3. The molecule has 0 spiro atoms. The van der Waals surface area contributed by atoms with Crippen LogP contribution in [0, 0.1) is 10.8 Å². The van der Waals surface area contributed by atoms with Gasteiger partial charge in [-0.05, 0) is 40.0 Å². The Morgan fingerprint density at radius 2 is 1.26 bits per heavy atom. The molecule has 0 fully saturated rings. The second-order valence-corrected chi connectivity index (χ2v) is 9.44. The molecule has 0 saturated carbocycles. The summed E-state index contributed by atoms with van der Waals surface area (Å²) in [5.74, 6) is -38.6. The van der Waals surface area contributed by atoms with Gasteiger partial charge in [-0.3, -0.25) is 9.59 Å². The van der Waals surface area contributed by atoms with Crippen molar-refractivity contribution in [1.29, 1.82) is 0 Å². The fourth-order valence-corrected chi connectivity index (χ4v) is 2.97. The van der Waals surface area contributed by atoms with E-state index in [4.69, 9.17) is 9.84 Å². The monoisotopic (exact) mass is 588 g/mol. The van der Waals surface area contributed by atoms with Gasteiger partial charge in [-0.1, -0.05) is 13.3 Å². The second kappa shape index (κ2) is 12.1. The van der Waals surface area contributed by atoms with E-state index in [1.54, 1.807) is 6.92 Å². The van der Waals surface area contributed by atoms with Gasteiger partial charge in [0.1, 0.15) is 6.61 Å². The third kappa shape index (κ3) is 6.97. The van der Waals surface area contributed by atoms with Gasteiger partial charge in [0.05, 0.1) is 17.4 Å². The summed E-state index contributed by atoms with van der Waals surface area (Å²) >= 11 is 0. The molecule has 0 aromatic carbocycles. The van der Waals surface area contributed by atoms with Gasteiger partial charge in [-0.15, -0.1) is 0 Å². The van der Waals surface area contributed by atoms with E-state index in [2.05, 4.69) is 4.74 Å². The summed E-state index contributed by atoms with van der Waals surface area (Å²) in [6, 6.07) is 0. The average molecular weight is 588 g/mol. The molecule has 0 heterocycles. The molecule has 0 aromatic rings. The number of rotatable bonds is 16. The predicted octanol–water partition coefficient (Wildman–Crippen LogP) is 6.12. The number of carbonyl (C=O) groups is 2. The molecule has 0 rings (SSSR count). The molecule has 0 aliphatic rings. The topological polar surface area (TPSA) is 72.8 Å². The summed E-state index contributed by atoms with van der Waals surface area (Å²) in [7, 11) is 0. The molecule has 0 aliphatic heterocycles. The zero-order valence-corrected chi connectivity index (χ0v) is 20.6. The highest BCUT2D eigenvalue weighted by Gasteiger charge is 2.87. The molecule has 17 heteroatoms. The van der Waals surface area contributed by atoms with E-state index in [0.29, 0.717) is 0 Å². The van der Waals surface area contributed by atoms with Crippen LogP contribution in [0.2, 0.25) is 0 Å². The van der Waals surface area contributed by atoms with Crippen LogP contribution in [0.15, 0.2) is 0 Å². The first-order valence-electron chi connectivity index (χ1n) is 10.9. The Morgan fingerprint density at radius 3 is 1.68 bits per heavy atom. The number of aliphatic hydroxyl groups is 1. The lowest BCUT2D eigenvalue weighted by atomic mass is 9.79. The van der Waals surface area contributed by atoms with Crippen molar-refractivity contribution in [2.75, 3.05) is 19.8 Å². The van der Waals surface area contributed by atoms with Crippen molar-refractivity contribution in [3.8, 4) is 0 Å². The summed E-state index contributed by atoms with van der Waals surface area (Å²) in [5.41, 5.74) is -2.90. The SMILES string of the molecule is CCC(C)(CCCC(C)(C)C(=O)OCC(F)(F)C(F)(F)C(F)(F)C(F)(F)C(F)(F)C(F)F)C(=O)OCCO. The molecule has 1 N–H and O–H groups in total. The van der Waals surface area contributed by atoms with E-state index in [0.717, 1.165) is 13.8 Å². The Labute approximate surface area is 209 Å². The van der Waals surface area contributed by atoms with Gasteiger partial charge in [0.25, 0.3) is 0 Å². The van der Waals surface area contributed by atoms with E-state index in [1.165, 1.54) is 6.92 Å². The van der Waals surface area contributed by atoms with Crippen LogP contribution < -0.4 is 0 Å². The van der Waals surface area contributed by atoms with Gasteiger partial charge in [-0.25, -0.2) is 8.78 Å². The van der Waals surface area contributed by atoms with E-state index in [9.17, 15) is 62.3 Å². The molecule has 0 aliphatic carbocycles. The zero-order valence-electron chi connectivity index (χ0n) is 20.6. The first-order chi connectivity index (χ1) is 16.8. The van der Waals surface area contributed by atoms with Gasteiger partial charge < -0.3 is 14.6 Å². The first kappa shape index (κ1) is 36.1. The molecule has 0 bridgehead atoms. The zero-order chi connectivity index (χ0) is 30.6. The Bertz CT molecular complexity index is 816. The Balaban J connectivity index is 5.51. The Morgan fingerprint density at radius 1 is 0.763 bits per heavy atom. The largest absolute Gasteiger partial charge is 0.463 e. The quantitative estimate of drug-likeness (QED) is 0.174. The van der Waals surface area contributed by atoms with Crippen molar-refractivity contribution in [2.45, 2.75) is 89.4 Å². The van der Waals surface area contributed by atoms with E-state index < -0.39 is 72.0 Å². The first-order valence-corrected chi connectivity index (χ1v) is 10.9. The minimum absolute atomic E-state index is 0.000220. The van der Waals surface area contributed by atoms with Crippen molar-refractivity contribution in [3.05, 3.63) is 0 Å². The molecule has 38 heavy (non-hydrogen) atoms. The highest BCUT2D eigenvalue weighted by molar-refractivity contribution is 5.77. The van der Waals surface area contributed by atoms with E-state index >= 15 is 0 Å². The minimum atomic E-state index is -7.71. The van der Waals surface area contributed by atoms with Crippen molar-refractivity contribution in [2.24, 2.45) is 10.8 Å². The number of esters is 2. The van der Waals surface area contributed by atoms with Crippen molar-refractivity contribution in [1.82, 2.24) is 0 Å². The number of hydrogen-bond acceptors (Lipinski definition) is 5. The third-order valence-corrected chi connectivity index (χ3v) is 6.01. The molecule has 0 aromatic heterocycles. The van der Waals surface area contributed by atoms with Gasteiger partial charge in [0, 0.05) is 0 Å². The van der Waals surface area contributed by atoms with Crippen LogP contribution in [-0.4, -0.2) is 72.9 Å². The number of halogens is 12. The Hall–Kier alpha value is -1.94. The molecular weight excluding hydrogens is 560 g/mol. The maximum Gasteiger partial charge on any atom is 0.384 e. The molecule has 0 amide bonds. The van der Waals surface area contributed by atoms with Gasteiger partial charge in [0.2, 0.25) is 0 Å². The highest BCUT2D eigenvalue weighted by atomic mass is 19.4. The third-order valence-electron chi connectivity index (χ3n) is 6.01. The van der Waals surface area contributed by atoms with Crippen LogP contribution in [0.4, 0.5) is 52.7 Å². The second-order valence-electron chi connectivity index (χ2n) is 9.44. The molecule has 1 atom stereocenters. The lowest BCUT2D eigenvalue weighted by Crippen LogP contribution is -2.69. The van der Waals surface area contributed by atoms with Crippen LogP contribution in [0.1, 0.15) is 53.4 Å². The number of alkyl halides is 12. The maximum absolute atomic E-state index is 13.9. The predicted molar refractivity (Wildman–Crippen MR) is 106 cm³/mol. The molecule has 1 unspecified atom stereocenters. The van der Waals surface area contributed by atoms with Crippen LogP contribution in [-0.2, 0) is 19.1 Å². The van der Waals surface area contributed by atoms with E-state index in [-0.39, 0.29) is 32.3 Å².